The van der Waals surface area contributed by atoms with Gasteiger partial charge in [0.2, 0.25) is 0 Å². The van der Waals surface area contributed by atoms with E-state index in [-0.39, 0.29) is 51.7 Å². The Hall–Kier alpha value is -1.71. The summed E-state index contributed by atoms with van der Waals surface area (Å²) in [5.41, 5.74) is 4.25. The summed E-state index contributed by atoms with van der Waals surface area (Å²) in [6, 6.07) is 20.0. The first-order valence-electron chi connectivity index (χ1n) is 13.7. The topological polar surface area (TPSA) is 73.2 Å². The molecule has 0 spiro atoms. The summed E-state index contributed by atoms with van der Waals surface area (Å²) in [7, 11) is 0. The van der Waals surface area contributed by atoms with Crippen molar-refractivity contribution in [3.8, 4) is 0 Å². The van der Waals surface area contributed by atoms with Gasteiger partial charge in [-0.05, 0) is 97.6 Å². The fourth-order valence-electron chi connectivity index (χ4n) is 5.17. The number of hydrogen-bond acceptors (Lipinski definition) is 6. The number of aliphatic carboxylic acids is 1. The third kappa shape index (κ3) is 8.26. The van der Waals surface area contributed by atoms with Crippen LogP contribution in [0.25, 0.3) is 22.4 Å². The van der Waals surface area contributed by atoms with E-state index in [2.05, 4.69) is 23.2 Å². The number of thioether (sulfide) groups is 1. The van der Waals surface area contributed by atoms with E-state index >= 15 is 0 Å². The number of aliphatic hydroxyl groups is 1. The smallest absolute Gasteiger partial charge is 0.550 e. The van der Waals surface area contributed by atoms with Crippen LogP contribution in [0.15, 0.2) is 60.7 Å². The molecule has 1 fully saturated rings. The molecular formula is C33H32ClFNNaO3S2. The Bertz CT molecular complexity index is 1600. The zero-order valence-electron chi connectivity index (χ0n) is 24.0. The molecule has 1 saturated carbocycles. The number of fused-ring (bicyclic) bond motifs is 1. The monoisotopic (exact) mass is 631 g/mol. The van der Waals surface area contributed by atoms with Crippen molar-refractivity contribution in [2.24, 2.45) is 5.41 Å². The van der Waals surface area contributed by atoms with Crippen LogP contribution in [0.1, 0.15) is 72.7 Å². The average Bonchev–Trinajstić information content (AvgIpc) is 3.63. The predicted octanol–water partition coefficient (Wildman–Crippen LogP) is 4.82. The molecule has 214 valence electrons. The third-order valence-electron chi connectivity index (χ3n) is 7.61. The fourth-order valence-corrected chi connectivity index (χ4v) is 7.82. The summed E-state index contributed by atoms with van der Waals surface area (Å²) in [6.07, 6.45) is 7.44. The molecule has 9 heteroatoms. The molecule has 2 heterocycles. The van der Waals surface area contributed by atoms with Crippen LogP contribution in [0.5, 0.6) is 0 Å². The van der Waals surface area contributed by atoms with Crippen LogP contribution in [0, 0.1) is 10.5 Å². The summed E-state index contributed by atoms with van der Waals surface area (Å²) in [4.78, 5) is 15.9. The number of thiophene rings is 1. The number of rotatable bonds is 12. The van der Waals surface area contributed by atoms with Gasteiger partial charge < -0.3 is 15.0 Å². The van der Waals surface area contributed by atoms with Crippen LogP contribution in [0.4, 0.5) is 4.39 Å². The largest absolute Gasteiger partial charge is 1.00 e. The van der Waals surface area contributed by atoms with E-state index in [0.717, 1.165) is 65.0 Å². The Balaban J connectivity index is 0.00000405. The van der Waals surface area contributed by atoms with Crippen LogP contribution in [0.2, 0.25) is 5.02 Å². The standard InChI is InChI=1S/C33H33ClFNO3S2.Na/c1-32(2,39)25-9-4-3-7-22(25)11-14-26(40-20-33(16-17-33)19-28(37)38)23-8-5-6-21(18-23)10-12-24-13-15-27-30(36-24)29(34)31(35)41-27;/h3-10,12-13,15,18,26,39H,11,14,16-17,19-20H2,1-2H3,(H,37,38);/q;+1/p-1/t26-;/m1./s1. The number of carboxylic acid groups (broad SMARTS) is 1. The number of benzene rings is 2. The molecule has 0 radical (unpaired) electrons. The first kappa shape index (κ1) is 33.2. The number of nitrogens with zero attached hydrogens (tertiary/aromatic N) is 1. The van der Waals surface area contributed by atoms with E-state index in [4.69, 9.17) is 11.6 Å². The van der Waals surface area contributed by atoms with Gasteiger partial charge in [0.05, 0.1) is 16.0 Å². The summed E-state index contributed by atoms with van der Waals surface area (Å²) in [5, 5.41) is 21.8. The second kappa shape index (κ2) is 13.9. The fraction of sp³-hybridized carbons (Fsp3) is 0.333. The summed E-state index contributed by atoms with van der Waals surface area (Å²) in [5.74, 6) is -0.218. The summed E-state index contributed by atoms with van der Waals surface area (Å²) >= 11 is 8.88. The quantitative estimate of drug-likeness (QED) is 0.227. The summed E-state index contributed by atoms with van der Waals surface area (Å²) < 4.78 is 14.6. The van der Waals surface area contributed by atoms with Gasteiger partial charge in [0.25, 0.3) is 0 Å². The number of hydrogen-bond donors (Lipinski definition) is 1. The molecule has 0 aliphatic heterocycles. The van der Waals surface area contributed by atoms with Crippen molar-refractivity contribution in [3.63, 3.8) is 0 Å². The van der Waals surface area contributed by atoms with E-state index in [0.29, 0.717) is 15.9 Å². The zero-order valence-corrected chi connectivity index (χ0v) is 28.4. The minimum absolute atomic E-state index is 0. The minimum Gasteiger partial charge on any atom is -0.550 e. The molecule has 5 rings (SSSR count). The SMILES string of the molecule is CC(C)(O)c1ccccc1CC[C@@H](SCC1(CC(=O)[O-])CC1)c1cccc(C=Cc2ccc3sc(F)c(Cl)c3n2)c1.[Na+]. The van der Waals surface area contributed by atoms with E-state index in [9.17, 15) is 19.4 Å². The van der Waals surface area contributed by atoms with Gasteiger partial charge in [-0.3, -0.25) is 0 Å². The van der Waals surface area contributed by atoms with Crippen molar-refractivity contribution in [1.29, 1.82) is 0 Å². The maximum Gasteiger partial charge on any atom is 1.00 e. The Labute approximate surface area is 281 Å². The van der Waals surface area contributed by atoms with Crippen molar-refractivity contribution >= 4 is 63.0 Å². The van der Waals surface area contributed by atoms with Crippen molar-refractivity contribution in [2.75, 3.05) is 5.75 Å². The van der Waals surface area contributed by atoms with Crippen LogP contribution in [0.3, 0.4) is 0 Å². The molecule has 1 atom stereocenters. The second-order valence-corrected chi connectivity index (χ2v) is 14.0. The number of carbonyl (C=O) groups is 1. The molecule has 4 aromatic rings. The van der Waals surface area contributed by atoms with Gasteiger partial charge in [-0.25, -0.2) is 4.98 Å². The Kier molecular flexibility index (Phi) is 11.0. The number of aromatic nitrogens is 1. The number of pyridine rings is 1. The van der Waals surface area contributed by atoms with Gasteiger partial charge in [-0.1, -0.05) is 66.2 Å². The predicted molar refractivity (Wildman–Crippen MR) is 166 cm³/mol. The number of halogens is 2. The van der Waals surface area contributed by atoms with Gasteiger partial charge >= 0.3 is 29.6 Å². The van der Waals surface area contributed by atoms with E-state index in [1.165, 1.54) is 0 Å². The maximum absolute atomic E-state index is 13.9. The summed E-state index contributed by atoms with van der Waals surface area (Å²) in [6.45, 7) is 3.61. The number of carboxylic acids is 1. The van der Waals surface area contributed by atoms with Crippen molar-refractivity contribution < 1.29 is 49.0 Å². The molecule has 2 aromatic carbocycles. The van der Waals surface area contributed by atoms with Crippen LogP contribution < -0.4 is 34.7 Å². The molecule has 1 N–H and O–H groups in total. The molecule has 0 amide bonds. The Morgan fingerprint density at radius 3 is 2.67 bits per heavy atom. The Morgan fingerprint density at radius 2 is 1.95 bits per heavy atom. The van der Waals surface area contributed by atoms with Crippen LogP contribution >= 0.6 is 34.7 Å². The van der Waals surface area contributed by atoms with Crippen LogP contribution in [-0.2, 0) is 16.8 Å². The zero-order chi connectivity index (χ0) is 29.2. The van der Waals surface area contributed by atoms with Gasteiger partial charge in [-0.2, -0.15) is 16.2 Å². The third-order valence-corrected chi connectivity index (χ3v) is 10.7. The van der Waals surface area contributed by atoms with E-state index in [1.807, 2.05) is 66.4 Å². The van der Waals surface area contributed by atoms with Crippen molar-refractivity contribution in [1.82, 2.24) is 4.98 Å². The molecule has 0 bridgehead atoms. The molecule has 0 saturated heterocycles. The van der Waals surface area contributed by atoms with Gasteiger partial charge in [0.1, 0.15) is 10.5 Å². The van der Waals surface area contributed by atoms with Gasteiger partial charge in [-0.15, -0.1) is 11.3 Å². The Morgan fingerprint density at radius 1 is 1.19 bits per heavy atom. The minimum atomic E-state index is -0.982. The number of carbonyl (C=O) groups excluding carboxylic acids is 1. The average molecular weight is 632 g/mol. The molecular weight excluding hydrogens is 600 g/mol. The van der Waals surface area contributed by atoms with Gasteiger partial charge in [0.15, 0.2) is 5.13 Å². The molecule has 42 heavy (non-hydrogen) atoms. The first-order valence-corrected chi connectivity index (χ1v) is 15.9. The second-order valence-electron chi connectivity index (χ2n) is 11.4. The van der Waals surface area contributed by atoms with E-state index in [1.54, 1.807) is 13.8 Å². The maximum atomic E-state index is 13.9. The van der Waals surface area contributed by atoms with Crippen molar-refractivity contribution in [3.05, 3.63) is 98.8 Å². The molecule has 2 aromatic heterocycles. The normalized spacial score (nSPS) is 15.1. The number of aryl methyl sites for hydroxylation is 1. The molecule has 1 aliphatic carbocycles. The van der Waals surface area contributed by atoms with Gasteiger partial charge in [0, 0.05) is 11.2 Å². The van der Waals surface area contributed by atoms with E-state index < -0.39 is 16.7 Å². The molecule has 1 aliphatic rings. The van der Waals surface area contributed by atoms with Crippen molar-refractivity contribution in [2.45, 2.75) is 56.8 Å². The first-order chi connectivity index (χ1) is 19.5. The molecule has 4 nitrogen and oxygen atoms in total. The van der Waals surface area contributed by atoms with Crippen LogP contribution in [-0.4, -0.2) is 21.8 Å². The molecule has 0 unspecified atom stereocenters.